The minimum absolute atomic E-state index is 0.0828. The van der Waals surface area contributed by atoms with Crippen LogP contribution in [0.25, 0.3) is 0 Å². The third-order valence-corrected chi connectivity index (χ3v) is 6.51. The first-order valence-corrected chi connectivity index (χ1v) is 12.0. The molecule has 0 bridgehead atoms. The van der Waals surface area contributed by atoms with Gasteiger partial charge in [-0.15, -0.1) is 0 Å². The standard InChI is InChI=1S/C28H41N3O/c1-8-29-26(32)31-23-17-24(30-18-23)25(19-9-13-21(14-10-19)27(2,3)4)20-11-15-22(16-12-20)28(5,6)7/h9-16,23-25,30H,8,17-18H2,1-7H3,(H2,29,31,32)/t23-,24-/m1/s1. The van der Waals surface area contributed by atoms with E-state index in [1.807, 2.05) is 6.92 Å². The van der Waals surface area contributed by atoms with Crippen molar-refractivity contribution in [3.8, 4) is 0 Å². The number of benzene rings is 2. The smallest absolute Gasteiger partial charge is 0.315 e. The van der Waals surface area contributed by atoms with Gasteiger partial charge in [-0.1, -0.05) is 90.1 Å². The normalized spacial score (nSPS) is 19.2. The van der Waals surface area contributed by atoms with Crippen LogP contribution in [0, 0.1) is 0 Å². The lowest BCUT2D eigenvalue weighted by Crippen LogP contribution is -2.42. The molecule has 1 heterocycles. The molecule has 2 aromatic rings. The van der Waals surface area contributed by atoms with Crippen molar-refractivity contribution in [1.29, 1.82) is 0 Å². The minimum atomic E-state index is -0.0828. The van der Waals surface area contributed by atoms with E-state index in [9.17, 15) is 4.79 Å². The highest BCUT2D eigenvalue weighted by Crippen LogP contribution is 2.35. The second-order valence-electron chi connectivity index (χ2n) is 11.2. The molecule has 1 aliphatic heterocycles. The summed E-state index contributed by atoms with van der Waals surface area (Å²) in [7, 11) is 0. The van der Waals surface area contributed by atoms with Gasteiger partial charge in [0.15, 0.2) is 0 Å². The molecular formula is C28H41N3O. The Kier molecular flexibility index (Phi) is 7.34. The Morgan fingerprint density at radius 2 is 1.38 bits per heavy atom. The summed E-state index contributed by atoms with van der Waals surface area (Å²) < 4.78 is 0. The molecule has 2 aromatic carbocycles. The molecule has 2 amide bonds. The van der Waals surface area contributed by atoms with Gasteiger partial charge in [0.1, 0.15) is 0 Å². The first-order chi connectivity index (χ1) is 15.0. The molecule has 0 spiro atoms. The van der Waals surface area contributed by atoms with Crippen LogP contribution in [-0.4, -0.2) is 31.2 Å². The van der Waals surface area contributed by atoms with E-state index >= 15 is 0 Å². The Bertz CT molecular complexity index is 831. The first kappa shape index (κ1) is 24.3. The molecule has 32 heavy (non-hydrogen) atoms. The van der Waals surface area contributed by atoms with E-state index in [-0.39, 0.29) is 34.9 Å². The average Bonchev–Trinajstić information content (AvgIpc) is 3.15. The number of carbonyl (C=O) groups excluding carboxylic acids is 1. The fourth-order valence-electron chi connectivity index (χ4n) is 4.57. The maximum atomic E-state index is 12.0. The van der Waals surface area contributed by atoms with Gasteiger partial charge in [-0.05, 0) is 46.4 Å². The molecule has 0 saturated carbocycles. The molecule has 0 radical (unpaired) electrons. The molecule has 3 N–H and O–H groups in total. The van der Waals surface area contributed by atoms with Crippen LogP contribution in [0.1, 0.15) is 83.1 Å². The highest BCUT2D eigenvalue weighted by molar-refractivity contribution is 5.74. The number of nitrogens with one attached hydrogen (secondary N) is 3. The molecule has 1 saturated heterocycles. The van der Waals surface area contributed by atoms with E-state index in [2.05, 4.69) is 106 Å². The molecule has 3 rings (SSSR count). The van der Waals surface area contributed by atoms with Crippen LogP contribution in [0.2, 0.25) is 0 Å². The van der Waals surface area contributed by atoms with Crippen molar-refractivity contribution in [1.82, 2.24) is 16.0 Å². The van der Waals surface area contributed by atoms with Crippen LogP contribution in [0.4, 0.5) is 4.79 Å². The zero-order valence-corrected chi connectivity index (χ0v) is 20.9. The Morgan fingerprint density at radius 3 is 1.78 bits per heavy atom. The number of amides is 2. The summed E-state index contributed by atoms with van der Waals surface area (Å²) in [6.07, 6.45) is 0.907. The summed E-state index contributed by atoms with van der Waals surface area (Å²) in [6.45, 7) is 16.9. The van der Waals surface area contributed by atoms with Crippen molar-refractivity contribution in [2.24, 2.45) is 0 Å². The third-order valence-electron chi connectivity index (χ3n) is 6.51. The second-order valence-corrected chi connectivity index (χ2v) is 11.2. The lowest BCUT2D eigenvalue weighted by atomic mass is 9.80. The van der Waals surface area contributed by atoms with Crippen LogP contribution in [0.5, 0.6) is 0 Å². The monoisotopic (exact) mass is 435 g/mol. The zero-order valence-electron chi connectivity index (χ0n) is 20.9. The van der Waals surface area contributed by atoms with Crippen molar-refractivity contribution >= 4 is 6.03 Å². The third kappa shape index (κ3) is 5.92. The maximum Gasteiger partial charge on any atom is 0.315 e. The minimum Gasteiger partial charge on any atom is -0.338 e. The van der Waals surface area contributed by atoms with Crippen molar-refractivity contribution in [2.45, 2.75) is 83.7 Å². The summed E-state index contributed by atoms with van der Waals surface area (Å²) in [6, 6.07) is 18.5. The van der Waals surface area contributed by atoms with E-state index < -0.39 is 0 Å². The fourth-order valence-corrected chi connectivity index (χ4v) is 4.57. The molecule has 1 fully saturated rings. The SMILES string of the molecule is CCNC(=O)N[C@H]1CN[C@@H](C(c2ccc(C(C)(C)C)cc2)c2ccc(C(C)(C)C)cc2)C1. The predicted molar refractivity (Wildman–Crippen MR) is 135 cm³/mol. The van der Waals surface area contributed by atoms with Crippen LogP contribution in [-0.2, 0) is 10.8 Å². The van der Waals surface area contributed by atoms with Gasteiger partial charge >= 0.3 is 6.03 Å². The largest absolute Gasteiger partial charge is 0.338 e. The van der Waals surface area contributed by atoms with Gasteiger partial charge in [-0.2, -0.15) is 0 Å². The number of hydrogen-bond donors (Lipinski definition) is 3. The van der Waals surface area contributed by atoms with Crippen LogP contribution >= 0.6 is 0 Å². The van der Waals surface area contributed by atoms with Crippen molar-refractivity contribution < 1.29 is 4.79 Å². The predicted octanol–water partition coefficient (Wildman–Crippen LogP) is 5.46. The highest BCUT2D eigenvalue weighted by atomic mass is 16.2. The van der Waals surface area contributed by atoms with E-state index in [4.69, 9.17) is 0 Å². The van der Waals surface area contributed by atoms with E-state index in [1.165, 1.54) is 22.3 Å². The molecule has 0 aromatic heterocycles. The molecule has 1 aliphatic rings. The van der Waals surface area contributed by atoms with Crippen LogP contribution in [0.3, 0.4) is 0 Å². The number of carbonyl (C=O) groups is 1. The Balaban J connectivity index is 1.89. The van der Waals surface area contributed by atoms with Gasteiger partial charge in [0.2, 0.25) is 0 Å². The van der Waals surface area contributed by atoms with Gasteiger partial charge in [0.25, 0.3) is 0 Å². The van der Waals surface area contributed by atoms with Gasteiger partial charge < -0.3 is 16.0 Å². The summed E-state index contributed by atoms with van der Waals surface area (Å²) in [4.78, 5) is 12.0. The molecule has 0 unspecified atom stereocenters. The average molecular weight is 436 g/mol. The summed E-state index contributed by atoms with van der Waals surface area (Å²) in [5, 5.41) is 9.65. The Labute approximate surface area is 194 Å². The fraction of sp³-hybridized carbons (Fsp3) is 0.536. The molecule has 4 heteroatoms. The Hall–Kier alpha value is -2.33. The summed E-state index contributed by atoms with van der Waals surface area (Å²) in [5.74, 6) is 0.235. The number of rotatable bonds is 5. The number of hydrogen-bond acceptors (Lipinski definition) is 2. The summed E-state index contributed by atoms with van der Waals surface area (Å²) >= 11 is 0. The molecule has 174 valence electrons. The molecular weight excluding hydrogens is 394 g/mol. The van der Waals surface area contributed by atoms with Gasteiger partial charge in [-0.25, -0.2) is 4.79 Å². The molecule has 4 nitrogen and oxygen atoms in total. The molecule has 0 aliphatic carbocycles. The quantitative estimate of drug-likeness (QED) is 0.584. The van der Waals surface area contributed by atoms with Crippen LogP contribution in [0.15, 0.2) is 48.5 Å². The highest BCUT2D eigenvalue weighted by Gasteiger charge is 2.33. The summed E-state index contributed by atoms with van der Waals surface area (Å²) in [5.41, 5.74) is 5.59. The van der Waals surface area contributed by atoms with Gasteiger partial charge in [-0.3, -0.25) is 0 Å². The van der Waals surface area contributed by atoms with Crippen molar-refractivity contribution in [2.75, 3.05) is 13.1 Å². The van der Waals surface area contributed by atoms with E-state index in [0.717, 1.165) is 13.0 Å². The van der Waals surface area contributed by atoms with E-state index in [1.54, 1.807) is 0 Å². The second kappa shape index (κ2) is 9.66. The maximum absolute atomic E-state index is 12.0. The first-order valence-electron chi connectivity index (χ1n) is 12.0. The lowest BCUT2D eigenvalue weighted by molar-refractivity contribution is 0.238. The topological polar surface area (TPSA) is 53.2 Å². The van der Waals surface area contributed by atoms with Crippen LogP contribution < -0.4 is 16.0 Å². The lowest BCUT2D eigenvalue weighted by Gasteiger charge is -2.27. The van der Waals surface area contributed by atoms with E-state index in [0.29, 0.717) is 6.54 Å². The number of urea groups is 1. The van der Waals surface area contributed by atoms with Gasteiger partial charge in [0.05, 0.1) is 0 Å². The van der Waals surface area contributed by atoms with Crippen molar-refractivity contribution in [3.05, 3.63) is 70.8 Å². The Morgan fingerprint density at radius 1 is 0.906 bits per heavy atom. The molecule has 2 atom stereocenters. The van der Waals surface area contributed by atoms with Gasteiger partial charge in [0, 0.05) is 31.1 Å². The van der Waals surface area contributed by atoms with Crippen molar-refractivity contribution in [3.63, 3.8) is 0 Å². The zero-order chi connectivity index (χ0) is 23.5.